The standard InChI is InChI=1S/C21H21FN4O3/c22-13-3-4-18-17(8-13)24-12-26(18)14-2-1-5-25(11-14)21(27)15-9-19-20(10-16(15)23)29-7-6-28-19/h3-4,8-10,12,14H,1-2,5-7,11,23H2. The smallest absolute Gasteiger partial charge is 0.256 e. The molecule has 0 spiro atoms. The summed E-state index contributed by atoms with van der Waals surface area (Å²) in [6.07, 6.45) is 3.51. The molecule has 2 aliphatic rings. The lowest BCUT2D eigenvalue weighted by Crippen LogP contribution is -2.40. The molecule has 0 saturated carbocycles. The van der Waals surface area contributed by atoms with Gasteiger partial charge >= 0.3 is 0 Å². The van der Waals surface area contributed by atoms with Crippen LogP contribution in [0.4, 0.5) is 10.1 Å². The van der Waals surface area contributed by atoms with Crippen LogP contribution in [0.15, 0.2) is 36.7 Å². The van der Waals surface area contributed by atoms with Crippen LogP contribution in [0.2, 0.25) is 0 Å². The second kappa shape index (κ2) is 6.95. The molecular formula is C21H21FN4O3. The summed E-state index contributed by atoms with van der Waals surface area (Å²) >= 11 is 0. The number of carbonyl (C=O) groups is 1. The van der Waals surface area contributed by atoms with Crippen LogP contribution in [-0.4, -0.2) is 46.7 Å². The van der Waals surface area contributed by atoms with E-state index >= 15 is 0 Å². The van der Waals surface area contributed by atoms with E-state index in [0.717, 1.165) is 18.4 Å². The van der Waals surface area contributed by atoms with Crippen LogP contribution >= 0.6 is 0 Å². The van der Waals surface area contributed by atoms with E-state index in [-0.39, 0.29) is 17.8 Å². The van der Waals surface area contributed by atoms with Crippen molar-refractivity contribution in [2.24, 2.45) is 0 Å². The van der Waals surface area contributed by atoms with Gasteiger partial charge in [0.05, 0.1) is 29.0 Å². The summed E-state index contributed by atoms with van der Waals surface area (Å²) in [6.45, 7) is 2.11. The van der Waals surface area contributed by atoms with Crippen molar-refractivity contribution < 1.29 is 18.7 Å². The fourth-order valence-electron chi connectivity index (χ4n) is 4.12. The Morgan fingerprint density at radius 3 is 2.79 bits per heavy atom. The van der Waals surface area contributed by atoms with Gasteiger partial charge in [-0.05, 0) is 31.0 Å². The summed E-state index contributed by atoms with van der Waals surface area (Å²) in [6, 6.07) is 7.99. The first-order valence-electron chi connectivity index (χ1n) is 9.70. The highest BCUT2D eigenvalue weighted by Gasteiger charge is 2.28. The van der Waals surface area contributed by atoms with Crippen molar-refractivity contribution in [3.05, 3.63) is 48.0 Å². The number of nitrogen functional groups attached to an aromatic ring is 1. The molecule has 5 rings (SSSR count). The molecule has 1 fully saturated rings. The topological polar surface area (TPSA) is 82.6 Å². The first kappa shape index (κ1) is 17.8. The minimum absolute atomic E-state index is 0.0709. The zero-order chi connectivity index (χ0) is 20.0. The number of carbonyl (C=O) groups excluding carboxylic acids is 1. The number of nitrogens with zero attached hydrogens (tertiary/aromatic N) is 3. The molecule has 2 aromatic carbocycles. The average Bonchev–Trinajstić information content (AvgIpc) is 3.16. The number of aromatic nitrogens is 2. The number of benzene rings is 2. The van der Waals surface area contributed by atoms with Crippen molar-refractivity contribution in [3.8, 4) is 11.5 Å². The summed E-state index contributed by atoms with van der Waals surface area (Å²) < 4.78 is 26.6. The number of nitrogens with two attached hydrogens (primary N) is 1. The van der Waals surface area contributed by atoms with Crippen molar-refractivity contribution in [1.29, 1.82) is 0 Å². The molecule has 8 heteroatoms. The van der Waals surface area contributed by atoms with Gasteiger partial charge in [-0.15, -0.1) is 0 Å². The average molecular weight is 396 g/mol. The molecule has 150 valence electrons. The lowest BCUT2D eigenvalue weighted by molar-refractivity contribution is 0.0681. The second-order valence-corrected chi connectivity index (χ2v) is 7.42. The lowest BCUT2D eigenvalue weighted by Gasteiger charge is -2.34. The Morgan fingerprint density at radius 2 is 1.97 bits per heavy atom. The Hall–Kier alpha value is -3.29. The summed E-state index contributed by atoms with van der Waals surface area (Å²) in [5.74, 6) is 0.681. The van der Waals surface area contributed by atoms with Crippen molar-refractivity contribution in [2.45, 2.75) is 18.9 Å². The molecule has 1 amide bonds. The van der Waals surface area contributed by atoms with Crippen molar-refractivity contribution in [2.75, 3.05) is 32.0 Å². The molecule has 0 radical (unpaired) electrons. The predicted octanol–water partition coefficient (Wildman–Crippen LogP) is 3.01. The van der Waals surface area contributed by atoms with Crippen LogP contribution in [-0.2, 0) is 0 Å². The first-order chi connectivity index (χ1) is 14.1. The van der Waals surface area contributed by atoms with Crippen molar-refractivity contribution in [3.63, 3.8) is 0 Å². The van der Waals surface area contributed by atoms with Crippen molar-refractivity contribution in [1.82, 2.24) is 14.5 Å². The van der Waals surface area contributed by atoms with Gasteiger partial charge in [0.25, 0.3) is 5.91 Å². The van der Waals surface area contributed by atoms with E-state index in [0.29, 0.717) is 54.6 Å². The van der Waals surface area contributed by atoms with Crippen LogP contribution in [0.5, 0.6) is 11.5 Å². The quantitative estimate of drug-likeness (QED) is 0.674. The number of hydrogen-bond acceptors (Lipinski definition) is 5. The minimum atomic E-state index is -0.308. The molecule has 3 aromatic rings. The zero-order valence-corrected chi connectivity index (χ0v) is 15.8. The number of piperidine rings is 1. The summed E-state index contributed by atoms with van der Waals surface area (Å²) in [5, 5.41) is 0. The highest BCUT2D eigenvalue weighted by Crippen LogP contribution is 2.35. The number of likely N-dealkylation sites (tertiary alicyclic amines) is 1. The van der Waals surface area contributed by atoms with Crippen molar-refractivity contribution >= 4 is 22.6 Å². The fraction of sp³-hybridized carbons (Fsp3) is 0.333. The van der Waals surface area contributed by atoms with Gasteiger partial charge in [0.2, 0.25) is 0 Å². The van der Waals surface area contributed by atoms with E-state index in [1.807, 2.05) is 9.47 Å². The largest absolute Gasteiger partial charge is 0.486 e. The highest BCUT2D eigenvalue weighted by atomic mass is 19.1. The van der Waals surface area contributed by atoms with Gasteiger partial charge in [-0.25, -0.2) is 9.37 Å². The van der Waals surface area contributed by atoms with Gasteiger partial charge in [-0.2, -0.15) is 0 Å². The van der Waals surface area contributed by atoms with Gasteiger partial charge in [-0.1, -0.05) is 0 Å². The molecule has 7 nitrogen and oxygen atoms in total. The third kappa shape index (κ3) is 3.14. The predicted molar refractivity (Wildman–Crippen MR) is 106 cm³/mol. The molecule has 3 heterocycles. The number of imidazole rings is 1. The first-order valence-corrected chi connectivity index (χ1v) is 9.70. The number of halogens is 1. The van der Waals surface area contributed by atoms with E-state index in [4.69, 9.17) is 15.2 Å². The maximum atomic E-state index is 13.5. The SMILES string of the molecule is Nc1cc2c(cc1C(=O)N1CCCC(n3cnc4cc(F)ccc43)C1)OCCO2. The number of anilines is 1. The minimum Gasteiger partial charge on any atom is -0.486 e. The van der Waals surface area contributed by atoms with E-state index in [9.17, 15) is 9.18 Å². The Bertz CT molecular complexity index is 1100. The Balaban J connectivity index is 1.41. The van der Waals surface area contributed by atoms with Crippen LogP contribution in [0.3, 0.4) is 0 Å². The Labute approximate surface area is 166 Å². The molecular weight excluding hydrogens is 375 g/mol. The summed E-state index contributed by atoms with van der Waals surface area (Å²) in [5.41, 5.74) is 8.42. The van der Waals surface area contributed by atoms with Crippen LogP contribution in [0.1, 0.15) is 29.2 Å². The van der Waals surface area contributed by atoms with Gasteiger partial charge in [-0.3, -0.25) is 4.79 Å². The third-order valence-corrected chi connectivity index (χ3v) is 5.56. The van der Waals surface area contributed by atoms with E-state index in [2.05, 4.69) is 4.98 Å². The van der Waals surface area contributed by atoms with Gasteiger partial charge in [0, 0.05) is 30.9 Å². The van der Waals surface area contributed by atoms with E-state index in [1.165, 1.54) is 12.1 Å². The monoisotopic (exact) mass is 396 g/mol. The van der Waals surface area contributed by atoms with E-state index in [1.54, 1.807) is 24.5 Å². The number of amides is 1. The molecule has 2 aliphatic heterocycles. The molecule has 1 atom stereocenters. The maximum Gasteiger partial charge on any atom is 0.256 e. The van der Waals surface area contributed by atoms with Crippen LogP contribution < -0.4 is 15.2 Å². The number of hydrogen-bond donors (Lipinski definition) is 1. The molecule has 0 aliphatic carbocycles. The highest BCUT2D eigenvalue weighted by molar-refractivity contribution is 6.00. The number of rotatable bonds is 2. The number of ether oxygens (including phenoxy) is 2. The lowest BCUT2D eigenvalue weighted by atomic mass is 10.0. The molecule has 2 N–H and O–H groups in total. The normalized spacial score (nSPS) is 18.8. The number of fused-ring (bicyclic) bond motifs is 2. The van der Waals surface area contributed by atoms with Crippen LogP contribution in [0, 0.1) is 5.82 Å². The Morgan fingerprint density at radius 1 is 1.17 bits per heavy atom. The maximum absolute atomic E-state index is 13.5. The molecule has 1 saturated heterocycles. The van der Waals surface area contributed by atoms with Crippen LogP contribution in [0.25, 0.3) is 11.0 Å². The molecule has 29 heavy (non-hydrogen) atoms. The second-order valence-electron chi connectivity index (χ2n) is 7.42. The molecule has 0 bridgehead atoms. The van der Waals surface area contributed by atoms with Gasteiger partial charge < -0.3 is 24.7 Å². The fourth-order valence-corrected chi connectivity index (χ4v) is 4.12. The van der Waals surface area contributed by atoms with Gasteiger partial charge in [0.1, 0.15) is 19.0 Å². The Kier molecular flexibility index (Phi) is 4.26. The van der Waals surface area contributed by atoms with Gasteiger partial charge in [0.15, 0.2) is 11.5 Å². The zero-order valence-electron chi connectivity index (χ0n) is 15.8. The molecule has 1 aromatic heterocycles. The third-order valence-electron chi connectivity index (χ3n) is 5.56. The molecule has 1 unspecified atom stereocenters. The summed E-state index contributed by atoms with van der Waals surface area (Å²) in [7, 11) is 0. The summed E-state index contributed by atoms with van der Waals surface area (Å²) in [4.78, 5) is 19.3. The van der Waals surface area contributed by atoms with E-state index < -0.39 is 0 Å².